The fourth-order valence-corrected chi connectivity index (χ4v) is 1.51. The van der Waals surface area contributed by atoms with Crippen LogP contribution in [-0.4, -0.2) is 17.1 Å². The lowest BCUT2D eigenvalue weighted by molar-refractivity contribution is 0.475. The lowest BCUT2D eigenvalue weighted by Crippen LogP contribution is -1.94. The third kappa shape index (κ3) is 2.34. The molecule has 0 saturated carbocycles. The number of nitrogens with zero attached hydrogens (tertiary/aromatic N) is 2. The first-order valence-electron chi connectivity index (χ1n) is 5.12. The summed E-state index contributed by atoms with van der Waals surface area (Å²) in [4.78, 5) is 4.22. The third-order valence-corrected chi connectivity index (χ3v) is 2.39. The van der Waals surface area contributed by atoms with Crippen molar-refractivity contribution < 1.29 is 5.11 Å². The Morgan fingerprint density at radius 3 is 2.53 bits per heavy atom. The zero-order valence-electron chi connectivity index (χ0n) is 9.31. The maximum Gasteiger partial charge on any atom is 0.143 e. The maximum absolute atomic E-state index is 9.22. The van der Waals surface area contributed by atoms with Crippen LogP contribution in [0.4, 0.5) is 5.69 Å². The molecule has 0 aliphatic carbocycles. The molecule has 2 rings (SSSR count). The molecule has 0 aliphatic heterocycles. The van der Waals surface area contributed by atoms with Crippen molar-refractivity contribution in [2.75, 3.05) is 12.4 Å². The van der Waals surface area contributed by atoms with Gasteiger partial charge in [-0.2, -0.15) is 5.26 Å². The van der Waals surface area contributed by atoms with Gasteiger partial charge >= 0.3 is 0 Å². The summed E-state index contributed by atoms with van der Waals surface area (Å²) in [5, 5.41) is 21.1. The molecular formula is C13H11N3O. The van der Waals surface area contributed by atoms with E-state index in [1.165, 1.54) is 0 Å². The number of pyridine rings is 1. The van der Waals surface area contributed by atoms with Gasteiger partial charge in [-0.1, -0.05) is 0 Å². The number of nitriles is 1. The molecule has 2 aromatic rings. The van der Waals surface area contributed by atoms with Crippen LogP contribution in [0.1, 0.15) is 5.69 Å². The summed E-state index contributed by atoms with van der Waals surface area (Å²) in [5.74, 6) is 0.207. The number of aromatic hydroxyl groups is 1. The van der Waals surface area contributed by atoms with E-state index < -0.39 is 0 Å². The summed E-state index contributed by atoms with van der Waals surface area (Å²) < 4.78 is 0. The van der Waals surface area contributed by atoms with Crippen LogP contribution in [0.2, 0.25) is 0 Å². The predicted octanol–water partition coefficient (Wildman–Crippen LogP) is 2.37. The average molecular weight is 225 g/mol. The topological polar surface area (TPSA) is 68.9 Å². The summed E-state index contributed by atoms with van der Waals surface area (Å²) in [5.41, 5.74) is 2.75. The number of hydrogen-bond acceptors (Lipinski definition) is 4. The van der Waals surface area contributed by atoms with Crippen LogP contribution >= 0.6 is 0 Å². The van der Waals surface area contributed by atoms with Gasteiger partial charge in [0.25, 0.3) is 0 Å². The van der Waals surface area contributed by atoms with Gasteiger partial charge in [0.1, 0.15) is 17.5 Å². The van der Waals surface area contributed by atoms with E-state index in [-0.39, 0.29) is 5.75 Å². The lowest BCUT2D eigenvalue weighted by Gasteiger charge is -2.05. The van der Waals surface area contributed by atoms with Gasteiger partial charge in [0.05, 0.1) is 5.69 Å². The fourth-order valence-electron chi connectivity index (χ4n) is 1.51. The molecular weight excluding hydrogens is 214 g/mol. The van der Waals surface area contributed by atoms with E-state index in [0.717, 1.165) is 11.3 Å². The number of phenols is 1. The first-order valence-corrected chi connectivity index (χ1v) is 5.12. The van der Waals surface area contributed by atoms with Crippen LogP contribution < -0.4 is 5.32 Å². The van der Waals surface area contributed by atoms with Gasteiger partial charge < -0.3 is 10.4 Å². The van der Waals surface area contributed by atoms with Gasteiger partial charge in [0.15, 0.2) is 0 Å². The maximum atomic E-state index is 9.22. The predicted molar refractivity (Wildman–Crippen MR) is 65.6 cm³/mol. The first-order chi connectivity index (χ1) is 8.22. The minimum absolute atomic E-state index is 0.207. The van der Waals surface area contributed by atoms with Crippen molar-refractivity contribution in [2.24, 2.45) is 0 Å². The van der Waals surface area contributed by atoms with E-state index in [2.05, 4.69) is 10.3 Å². The molecule has 1 heterocycles. The smallest absolute Gasteiger partial charge is 0.143 e. The Bertz CT molecular complexity index is 570. The monoisotopic (exact) mass is 225 g/mol. The van der Waals surface area contributed by atoms with Crippen LogP contribution in [0.15, 0.2) is 36.4 Å². The molecule has 0 aliphatic rings. The third-order valence-electron chi connectivity index (χ3n) is 2.39. The lowest BCUT2D eigenvalue weighted by atomic mass is 10.1. The van der Waals surface area contributed by atoms with Gasteiger partial charge in [-0.15, -0.1) is 0 Å². The van der Waals surface area contributed by atoms with Gasteiger partial charge in [-0.25, -0.2) is 4.98 Å². The van der Waals surface area contributed by atoms with Crippen molar-refractivity contribution in [3.8, 4) is 23.1 Å². The van der Waals surface area contributed by atoms with Gasteiger partial charge in [-0.05, 0) is 36.4 Å². The highest BCUT2D eigenvalue weighted by Crippen LogP contribution is 2.23. The van der Waals surface area contributed by atoms with Crippen molar-refractivity contribution in [3.63, 3.8) is 0 Å². The zero-order chi connectivity index (χ0) is 12.3. The highest BCUT2D eigenvalue weighted by Gasteiger charge is 2.04. The van der Waals surface area contributed by atoms with Crippen LogP contribution in [0, 0.1) is 11.3 Å². The van der Waals surface area contributed by atoms with E-state index in [1.807, 2.05) is 12.1 Å². The molecule has 84 valence electrons. The summed E-state index contributed by atoms with van der Waals surface area (Å²) in [6, 6.07) is 12.3. The average Bonchev–Trinajstić information content (AvgIpc) is 2.39. The number of hydrogen-bond donors (Lipinski definition) is 2. The molecule has 0 radical (unpaired) electrons. The Balaban J connectivity index is 2.51. The minimum atomic E-state index is 0.207. The SMILES string of the molecule is CNc1cc(C#N)nc(-c2ccc(O)cc2)c1. The number of rotatable bonds is 2. The highest BCUT2D eigenvalue weighted by atomic mass is 16.3. The Morgan fingerprint density at radius 2 is 1.94 bits per heavy atom. The second kappa shape index (κ2) is 4.54. The van der Waals surface area contributed by atoms with Crippen molar-refractivity contribution in [1.82, 2.24) is 4.98 Å². The Labute approximate surface area is 99.2 Å². The number of nitrogens with one attached hydrogen (secondary N) is 1. The van der Waals surface area contributed by atoms with Crippen LogP contribution in [0.3, 0.4) is 0 Å². The second-order valence-electron chi connectivity index (χ2n) is 3.53. The van der Waals surface area contributed by atoms with Crippen LogP contribution in [0.5, 0.6) is 5.75 Å². The molecule has 2 N–H and O–H groups in total. The Kier molecular flexibility index (Phi) is 2.93. The molecule has 4 heteroatoms. The second-order valence-corrected chi connectivity index (χ2v) is 3.53. The summed E-state index contributed by atoms with van der Waals surface area (Å²) in [6.45, 7) is 0. The number of phenolic OH excluding ortho intramolecular Hbond substituents is 1. The molecule has 0 fully saturated rings. The molecule has 0 unspecified atom stereocenters. The van der Waals surface area contributed by atoms with Crippen molar-refractivity contribution in [3.05, 3.63) is 42.1 Å². The van der Waals surface area contributed by atoms with E-state index in [1.54, 1.807) is 37.4 Å². The molecule has 0 atom stereocenters. The molecule has 1 aromatic carbocycles. The molecule has 0 amide bonds. The minimum Gasteiger partial charge on any atom is -0.508 e. The van der Waals surface area contributed by atoms with Gasteiger partial charge in [-0.3, -0.25) is 0 Å². The molecule has 0 bridgehead atoms. The molecule has 0 spiro atoms. The van der Waals surface area contributed by atoms with Gasteiger partial charge in [0.2, 0.25) is 0 Å². The number of aromatic nitrogens is 1. The molecule has 1 aromatic heterocycles. The standard InChI is InChI=1S/C13H11N3O/c1-15-10-6-11(8-14)16-13(7-10)9-2-4-12(17)5-3-9/h2-7,17H,1H3,(H,15,16). The zero-order valence-corrected chi connectivity index (χ0v) is 9.31. The van der Waals surface area contributed by atoms with Crippen molar-refractivity contribution in [1.29, 1.82) is 5.26 Å². The van der Waals surface area contributed by atoms with Gasteiger partial charge in [0, 0.05) is 18.3 Å². The normalized spacial score (nSPS) is 9.65. The largest absolute Gasteiger partial charge is 0.508 e. The first kappa shape index (κ1) is 11.0. The summed E-state index contributed by atoms with van der Waals surface area (Å²) >= 11 is 0. The Hall–Kier alpha value is -2.54. The highest BCUT2D eigenvalue weighted by molar-refractivity contribution is 5.66. The van der Waals surface area contributed by atoms with E-state index in [4.69, 9.17) is 5.26 Å². The molecule has 17 heavy (non-hydrogen) atoms. The van der Waals surface area contributed by atoms with E-state index >= 15 is 0 Å². The van der Waals surface area contributed by atoms with E-state index in [9.17, 15) is 5.11 Å². The van der Waals surface area contributed by atoms with Crippen LogP contribution in [0.25, 0.3) is 11.3 Å². The van der Waals surface area contributed by atoms with Crippen molar-refractivity contribution in [2.45, 2.75) is 0 Å². The summed E-state index contributed by atoms with van der Waals surface area (Å²) in [7, 11) is 1.79. The van der Waals surface area contributed by atoms with Crippen molar-refractivity contribution >= 4 is 5.69 Å². The van der Waals surface area contributed by atoms with E-state index in [0.29, 0.717) is 11.4 Å². The number of benzene rings is 1. The van der Waals surface area contributed by atoms with Crippen LogP contribution in [-0.2, 0) is 0 Å². The number of anilines is 1. The fraction of sp³-hybridized carbons (Fsp3) is 0.0769. The molecule has 0 saturated heterocycles. The molecule has 4 nitrogen and oxygen atoms in total. The quantitative estimate of drug-likeness (QED) is 0.823. The summed E-state index contributed by atoms with van der Waals surface area (Å²) in [6.07, 6.45) is 0. The Morgan fingerprint density at radius 1 is 1.24 bits per heavy atom.